The predicted octanol–water partition coefficient (Wildman–Crippen LogP) is 2.53. The van der Waals surface area contributed by atoms with Gasteiger partial charge in [0.2, 0.25) is 0 Å². The van der Waals surface area contributed by atoms with Crippen LogP contribution in [0.25, 0.3) is 0 Å². The molecule has 1 aromatic heterocycles. The van der Waals surface area contributed by atoms with E-state index in [1.54, 1.807) is 17.1 Å². The van der Waals surface area contributed by atoms with E-state index in [1.807, 2.05) is 0 Å². The maximum atomic E-state index is 13.2. The van der Waals surface area contributed by atoms with Crippen molar-refractivity contribution in [3.05, 3.63) is 41.2 Å². The van der Waals surface area contributed by atoms with Crippen molar-refractivity contribution in [2.75, 3.05) is 37.9 Å². The number of anilines is 1. The molecule has 1 aliphatic heterocycles. The Balaban J connectivity index is 1.83. The van der Waals surface area contributed by atoms with Gasteiger partial charge in [0, 0.05) is 32.4 Å². The summed E-state index contributed by atoms with van der Waals surface area (Å²) in [6, 6.07) is 6.04. The van der Waals surface area contributed by atoms with E-state index >= 15 is 0 Å². The van der Waals surface area contributed by atoms with Gasteiger partial charge >= 0.3 is 0 Å². The lowest BCUT2D eigenvalue weighted by molar-refractivity contribution is -0.110. The summed E-state index contributed by atoms with van der Waals surface area (Å²) in [7, 11) is -1.92. The van der Waals surface area contributed by atoms with Crippen molar-refractivity contribution in [3.8, 4) is 0 Å². The van der Waals surface area contributed by atoms with E-state index in [2.05, 4.69) is 15.4 Å². The Labute approximate surface area is 178 Å². The average Bonchev–Trinajstić information content (AvgIpc) is 3.38. The number of amides is 1. The normalized spacial score (nSPS) is 14.9. The molecule has 162 valence electrons. The number of rotatable bonds is 9. The molecule has 2 heterocycles. The van der Waals surface area contributed by atoms with E-state index in [0.717, 1.165) is 43.5 Å². The lowest BCUT2D eigenvalue weighted by Gasteiger charge is -2.14. The molecule has 0 atom stereocenters. The van der Waals surface area contributed by atoms with E-state index < -0.39 is 20.9 Å². The monoisotopic (exact) mass is 454 g/mol. The van der Waals surface area contributed by atoms with Crippen molar-refractivity contribution in [3.63, 3.8) is 0 Å². The highest BCUT2D eigenvalue weighted by Crippen LogP contribution is 2.19. The number of thiazole rings is 1. The van der Waals surface area contributed by atoms with Crippen molar-refractivity contribution in [2.24, 2.45) is 5.10 Å². The van der Waals surface area contributed by atoms with Gasteiger partial charge in [0.25, 0.3) is 5.91 Å². The van der Waals surface area contributed by atoms with Crippen LogP contribution in [0.4, 0.5) is 9.52 Å². The second kappa shape index (κ2) is 10.1. The fourth-order valence-electron chi connectivity index (χ4n) is 2.98. The van der Waals surface area contributed by atoms with Crippen LogP contribution in [0.2, 0.25) is 0 Å². The summed E-state index contributed by atoms with van der Waals surface area (Å²) in [5.74, 6) is -0.558. The first-order chi connectivity index (χ1) is 14.4. The Kier molecular flexibility index (Phi) is 7.51. The summed E-state index contributed by atoms with van der Waals surface area (Å²) in [4.78, 5) is 16.8. The quantitative estimate of drug-likeness (QED) is 0.462. The van der Waals surface area contributed by atoms with Gasteiger partial charge in [-0.25, -0.2) is 13.4 Å². The van der Waals surface area contributed by atoms with E-state index in [4.69, 9.17) is 4.74 Å². The summed E-state index contributed by atoms with van der Waals surface area (Å²) in [5.41, 5.74) is 0.586. The summed E-state index contributed by atoms with van der Waals surface area (Å²) in [6.45, 7) is 1.82. The number of methoxy groups -OCH3 is 1. The predicted molar refractivity (Wildman–Crippen MR) is 113 cm³/mol. The van der Waals surface area contributed by atoms with Crippen LogP contribution in [0.3, 0.4) is 0 Å². The van der Waals surface area contributed by atoms with Gasteiger partial charge in [-0.3, -0.25) is 15.1 Å². The Morgan fingerprint density at radius 3 is 2.60 bits per heavy atom. The molecule has 1 amide bonds. The SMILES string of the molecule is COCCCS(=O)(=O)c1ccc(/C(=N\N2CCCC2)C(=O)Nc2ncc(F)s2)cc1. The van der Waals surface area contributed by atoms with Crippen molar-refractivity contribution >= 4 is 37.9 Å². The van der Waals surface area contributed by atoms with E-state index in [0.29, 0.717) is 18.6 Å². The van der Waals surface area contributed by atoms with Gasteiger partial charge in [0.1, 0.15) is 0 Å². The molecule has 30 heavy (non-hydrogen) atoms. The molecule has 1 fully saturated rings. The summed E-state index contributed by atoms with van der Waals surface area (Å²) < 4.78 is 43.0. The molecule has 0 saturated carbocycles. The molecule has 3 rings (SSSR count). The van der Waals surface area contributed by atoms with Crippen LogP contribution in [-0.4, -0.2) is 62.6 Å². The molecule has 0 bridgehead atoms. The number of carbonyl (C=O) groups excluding carboxylic acids is 1. The van der Waals surface area contributed by atoms with Crippen molar-refractivity contribution in [1.82, 2.24) is 9.99 Å². The number of hydrogen-bond donors (Lipinski definition) is 1. The van der Waals surface area contributed by atoms with Crippen molar-refractivity contribution in [1.29, 1.82) is 0 Å². The lowest BCUT2D eigenvalue weighted by atomic mass is 10.1. The summed E-state index contributed by atoms with van der Waals surface area (Å²) in [6.07, 6.45) is 3.39. The lowest BCUT2D eigenvalue weighted by Crippen LogP contribution is -2.27. The highest BCUT2D eigenvalue weighted by molar-refractivity contribution is 7.91. The van der Waals surface area contributed by atoms with Crippen LogP contribution in [0.1, 0.15) is 24.8 Å². The zero-order valence-corrected chi connectivity index (χ0v) is 18.1. The molecule has 1 aromatic carbocycles. The van der Waals surface area contributed by atoms with Gasteiger partial charge < -0.3 is 4.74 Å². The number of aromatic nitrogens is 1. The number of nitrogens with zero attached hydrogens (tertiary/aromatic N) is 3. The fourth-order valence-corrected chi connectivity index (χ4v) is 4.80. The number of hydrazone groups is 1. The third kappa shape index (κ3) is 5.83. The number of ether oxygens (including phenoxy) is 1. The van der Waals surface area contributed by atoms with Crippen LogP contribution in [-0.2, 0) is 19.4 Å². The zero-order chi connectivity index (χ0) is 21.6. The third-order valence-corrected chi connectivity index (χ3v) is 7.00. The Morgan fingerprint density at radius 1 is 1.30 bits per heavy atom. The highest BCUT2D eigenvalue weighted by Gasteiger charge is 2.21. The second-order valence-electron chi connectivity index (χ2n) is 6.72. The van der Waals surface area contributed by atoms with Gasteiger partial charge in [0.05, 0.1) is 16.8 Å². The van der Waals surface area contributed by atoms with Crippen LogP contribution in [0.15, 0.2) is 40.5 Å². The topological polar surface area (TPSA) is 101 Å². The minimum absolute atomic E-state index is 0.0228. The number of sulfone groups is 1. The van der Waals surface area contributed by atoms with Gasteiger partial charge in [-0.05, 0) is 31.4 Å². The standard InChI is InChI=1S/C19H23FN4O4S2/c1-28-11-4-12-30(26,27)15-7-5-14(6-8-15)17(23-24-9-2-3-10-24)18(25)22-19-21-13-16(20)29-19/h5-8,13H,2-4,9-12H2,1H3,(H,21,22,25)/b23-17+. The van der Waals surface area contributed by atoms with Gasteiger partial charge in [-0.2, -0.15) is 9.49 Å². The maximum absolute atomic E-state index is 13.2. The smallest absolute Gasteiger partial charge is 0.278 e. The molecule has 2 aromatic rings. The van der Waals surface area contributed by atoms with Gasteiger partial charge in [0.15, 0.2) is 25.8 Å². The molecule has 1 saturated heterocycles. The minimum Gasteiger partial charge on any atom is -0.385 e. The molecule has 11 heteroatoms. The summed E-state index contributed by atoms with van der Waals surface area (Å²) in [5, 5.41) is 8.43. The van der Waals surface area contributed by atoms with Crippen molar-refractivity contribution < 1.29 is 22.3 Å². The first-order valence-electron chi connectivity index (χ1n) is 9.47. The minimum atomic E-state index is -3.44. The number of carbonyl (C=O) groups is 1. The Bertz CT molecular complexity index is 1000. The van der Waals surface area contributed by atoms with Gasteiger partial charge in [-0.15, -0.1) is 0 Å². The molecule has 1 N–H and O–H groups in total. The molecule has 0 aliphatic carbocycles. The van der Waals surface area contributed by atoms with Crippen LogP contribution in [0.5, 0.6) is 0 Å². The van der Waals surface area contributed by atoms with Gasteiger partial charge in [-0.1, -0.05) is 23.5 Å². The van der Waals surface area contributed by atoms with Crippen LogP contribution < -0.4 is 5.32 Å². The van der Waals surface area contributed by atoms with Crippen LogP contribution in [0, 0.1) is 5.13 Å². The Hall–Kier alpha value is -2.37. The molecular formula is C19H23FN4O4S2. The molecule has 0 unspecified atom stereocenters. The Morgan fingerprint density at radius 2 is 2.00 bits per heavy atom. The van der Waals surface area contributed by atoms with E-state index in [-0.39, 0.29) is 21.5 Å². The van der Waals surface area contributed by atoms with E-state index in [1.165, 1.54) is 19.2 Å². The van der Waals surface area contributed by atoms with Crippen LogP contribution >= 0.6 is 11.3 Å². The fraction of sp³-hybridized carbons (Fsp3) is 0.421. The summed E-state index contributed by atoms with van der Waals surface area (Å²) >= 11 is 0.719. The molecule has 1 aliphatic rings. The third-order valence-electron chi connectivity index (χ3n) is 4.49. The van der Waals surface area contributed by atoms with E-state index in [9.17, 15) is 17.6 Å². The van der Waals surface area contributed by atoms with Crippen molar-refractivity contribution in [2.45, 2.75) is 24.2 Å². The zero-order valence-electron chi connectivity index (χ0n) is 16.5. The molecule has 8 nitrogen and oxygen atoms in total. The molecular weight excluding hydrogens is 431 g/mol. The first-order valence-corrected chi connectivity index (χ1v) is 11.9. The molecule has 0 radical (unpaired) electrons. The average molecular weight is 455 g/mol. The number of halogens is 1. The molecule has 0 spiro atoms. The second-order valence-corrected chi connectivity index (χ2v) is 9.81. The first kappa shape index (κ1) is 22.3. The largest absolute Gasteiger partial charge is 0.385 e. The maximum Gasteiger partial charge on any atom is 0.278 e. The number of nitrogens with one attached hydrogen (secondary N) is 1. The number of hydrogen-bond acceptors (Lipinski definition) is 8. The number of benzene rings is 1. The highest BCUT2D eigenvalue weighted by atomic mass is 32.2.